The number of rotatable bonds is 1. The molecule has 1 rings (SSSR count). The van der Waals surface area contributed by atoms with E-state index in [-0.39, 0.29) is 0 Å². The summed E-state index contributed by atoms with van der Waals surface area (Å²) >= 11 is 2.09. The van der Waals surface area contributed by atoms with Crippen LogP contribution in [0.3, 0.4) is 0 Å². The first-order valence-corrected chi connectivity index (χ1v) is 3.42. The van der Waals surface area contributed by atoms with Crippen molar-refractivity contribution in [2.45, 2.75) is 0 Å². The van der Waals surface area contributed by atoms with Crippen LogP contribution in [0.2, 0.25) is 0 Å². The van der Waals surface area contributed by atoms with Crippen LogP contribution in [0, 0.1) is 3.70 Å². The molecule has 0 radical (unpaired) electrons. The second-order valence-electron chi connectivity index (χ2n) is 1.48. The Labute approximate surface area is 66.2 Å². The van der Waals surface area contributed by atoms with Crippen LogP contribution in [0.4, 0.5) is 5.69 Å². The lowest BCUT2D eigenvalue weighted by atomic mass is 10.4. The van der Waals surface area contributed by atoms with Crippen LogP contribution < -0.4 is 5.48 Å². The van der Waals surface area contributed by atoms with Gasteiger partial charge in [-0.05, 0) is 34.7 Å². The first-order chi connectivity index (χ1) is 4.33. The van der Waals surface area contributed by atoms with Crippen molar-refractivity contribution < 1.29 is 5.21 Å². The van der Waals surface area contributed by atoms with Gasteiger partial charge in [0.1, 0.15) is 3.70 Å². The van der Waals surface area contributed by atoms with Gasteiger partial charge in [-0.15, -0.1) is 0 Å². The molecular formula is C5H5IN2O. The molecule has 0 aliphatic heterocycles. The predicted molar refractivity (Wildman–Crippen MR) is 42.4 cm³/mol. The van der Waals surface area contributed by atoms with Crippen molar-refractivity contribution in [1.29, 1.82) is 0 Å². The highest BCUT2D eigenvalue weighted by Crippen LogP contribution is 2.05. The Bertz CT molecular complexity index is 187. The van der Waals surface area contributed by atoms with Crippen molar-refractivity contribution in [3.05, 3.63) is 22.0 Å². The van der Waals surface area contributed by atoms with Crippen molar-refractivity contribution in [2.75, 3.05) is 5.48 Å². The molecular weight excluding hydrogens is 231 g/mol. The molecule has 1 aromatic rings. The highest BCUT2D eigenvalue weighted by molar-refractivity contribution is 14.1. The summed E-state index contributed by atoms with van der Waals surface area (Å²) in [6.45, 7) is 0. The molecule has 1 heterocycles. The van der Waals surface area contributed by atoms with Crippen LogP contribution in [-0.2, 0) is 0 Å². The molecule has 0 fully saturated rings. The van der Waals surface area contributed by atoms with E-state index in [1.54, 1.807) is 18.3 Å². The van der Waals surface area contributed by atoms with Gasteiger partial charge < -0.3 is 0 Å². The van der Waals surface area contributed by atoms with Gasteiger partial charge in [0.2, 0.25) is 0 Å². The molecule has 1 aromatic heterocycles. The average molecular weight is 236 g/mol. The van der Waals surface area contributed by atoms with E-state index in [0.717, 1.165) is 3.70 Å². The largest absolute Gasteiger partial charge is 0.291 e. The Morgan fingerprint density at radius 3 is 2.78 bits per heavy atom. The number of anilines is 1. The molecule has 48 valence electrons. The molecule has 0 spiro atoms. The highest BCUT2D eigenvalue weighted by atomic mass is 127. The van der Waals surface area contributed by atoms with Gasteiger partial charge in [-0.2, -0.15) is 0 Å². The molecule has 9 heavy (non-hydrogen) atoms. The first-order valence-electron chi connectivity index (χ1n) is 2.34. The molecule has 0 aliphatic carbocycles. The lowest BCUT2D eigenvalue weighted by Crippen LogP contribution is -1.89. The second-order valence-corrected chi connectivity index (χ2v) is 2.59. The van der Waals surface area contributed by atoms with Crippen LogP contribution >= 0.6 is 22.6 Å². The highest BCUT2D eigenvalue weighted by Gasteiger charge is 1.87. The van der Waals surface area contributed by atoms with Crippen LogP contribution in [-0.4, -0.2) is 10.2 Å². The van der Waals surface area contributed by atoms with Crippen LogP contribution in [0.1, 0.15) is 0 Å². The summed E-state index contributed by atoms with van der Waals surface area (Å²) < 4.78 is 0.909. The molecule has 0 bridgehead atoms. The van der Waals surface area contributed by atoms with Crippen molar-refractivity contribution in [3.63, 3.8) is 0 Å². The summed E-state index contributed by atoms with van der Waals surface area (Å²) in [6, 6.07) is 3.55. The Kier molecular flexibility index (Phi) is 2.23. The summed E-state index contributed by atoms with van der Waals surface area (Å²) in [7, 11) is 0. The third-order valence-corrected chi connectivity index (χ3v) is 1.49. The monoisotopic (exact) mass is 236 g/mol. The molecule has 0 aromatic carbocycles. The summed E-state index contributed by atoms with van der Waals surface area (Å²) in [4.78, 5) is 3.91. The zero-order valence-electron chi connectivity index (χ0n) is 4.50. The Hall–Kier alpha value is -0.360. The van der Waals surface area contributed by atoms with E-state index in [2.05, 4.69) is 27.6 Å². The van der Waals surface area contributed by atoms with E-state index in [4.69, 9.17) is 5.21 Å². The summed E-state index contributed by atoms with van der Waals surface area (Å²) in [5.41, 5.74) is 2.60. The second kappa shape index (κ2) is 2.98. The zero-order valence-corrected chi connectivity index (χ0v) is 6.66. The lowest BCUT2D eigenvalue weighted by Gasteiger charge is -1.94. The first kappa shape index (κ1) is 6.76. The fourth-order valence-corrected chi connectivity index (χ4v) is 0.761. The molecule has 2 N–H and O–H groups in total. The van der Waals surface area contributed by atoms with Gasteiger partial charge in [-0.1, -0.05) is 0 Å². The zero-order chi connectivity index (χ0) is 6.69. The number of nitrogens with zero attached hydrogens (tertiary/aromatic N) is 1. The van der Waals surface area contributed by atoms with E-state index in [1.807, 2.05) is 5.48 Å². The van der Waals surface area contributed by atoms with Crippen molar-refractivity contribution in [2.24, 2.45) is 0 Å². The maximum absolute atomic E-state index is 8.34. The molecule has 0 aliphatic rings. The maximum Gasteiger partial charge on any atom is 0.101 e. The molecule has 0 saturated carbocycles. The minimum absolute atomic E-state index is 0.607. The third-order valence-electron chi connectivity index (χ3n) is 0.856. The Morgan fingerprint density at radius 2 is 2.33 bits per heavy atom. The fraction of sp³-hybridized carbons (Fsp3) is 0. The van der Waals surface area contributed by atoms with Gasteiger partial charge >= 0.3 is 0 Å². The smallest absolute Gasteiger partial charge is 0.101 e. The summed E-state index contributed by atoms with van der Waals surface area (Å²) in [5, 5.41) is 8.34. The van der Waals surface area contributed by atoms with Crippen LogP contribution in [0.5, 0.6) is 0 Å². The summed E-state index contributed by atoms with van der Waals surface area (Å²) in [6.07, 6.45) is 1.56. The Morgan fingerprint density at radius 1 is 1.56 bits per heavy atom. The van der Waals surface area contributed by atoms with Crippen LogP contribution in [0.15, 0.2) is 18.3 Å². The number of nitrogens with one attached hydrogen (secondary N) is 1. The quantitative estimate of drug-likeness (QED) is 0.441. The van der Waals surface area contributed by atoms with E-state index >= 15 is 0 Å². The topological polar surface area (TPSA) is 45.1 Å². The van der Waals surface area contributed by atoms with Gasteiger partial charge in [0.15, 0.2) is 0 Å². The van der Waals surface area contributed by atoms with Crippen molar-refractivity contribution in [3.8, 4) is 0 Å². The van der Waals surface area contributed by atoms with Gasteiger partial charge in [0.25, 0.3) is 0 Å². The molecule has 0 atom stereocenters. The Balaban J connectivity index is 2.88. The lowest BCUT2D eigenvalue weighted by molar-refractivity contribution is 0.388. The third kappa shape index (κ3) is 1.79. The number of hydrogen-bond acceptors (Lipinski definition) is 3. The molecule has 0 amide bonds. The minimum atomic E-state index is 0.607. The standard InChI is InChI=1S/C5H5IN2O/c6-5-2-1-4(8-9)3-7-5/h1-3,8-9H. The normalized spacial score (nSPS) is 9.11. The predicted octanol–water partition coefficient (Wildman–Crippen LogP) is 1.49. The number of pyridine rings is 1. The molecule has 4 heteroatoms. The average Bonchev–Trinajstić information content (AvgIpc) is 1.90. The number of halogens is 1. The maximum atomic E-state index is 8.34. The van der Waals surface area contributed by atoms with E-state index in [9.17, 15) is 0 Å². The molecule has 0 unspecified atom stereocenters. The SMILES string of the molecule is ONc1ccc(I)nc1. The fourth-order valence-electron chi connectivity index (χ4n) is 0.442. The minimum Gasteiger partial charge on any atom is -0.291 e. The van der Waals surface area contributed by atoms with Gasteiger partial charge in [0.05, 0.1) is 11.9 Å². The summed E-state index contributed by atoms with van der Waals surface area (Å²) in [5.74, 6) is 0. The van der Waals surface area contributed by atoms with Crippen molar-refractivity contribution in [1.82, 2.24) is 4.98 Å². The van der Waals surface area contributed by atoms with Gasteiger partial charge in [-0.25, -0.2) is 4.98 Å². The number of hydrogen-bond donors (Lipinski definition) is 2. The van der Waals surface area contributed by atoms with Crippen molar-refractivity contribution >= 4 is 28.3 Å². The number of aromatic nitrogens is 1. The molecule has 0 saturated heterocycles. The van der Waals surface area contributed by atoms with Crippen LogP contribution in [0.25, 0.3) is 0 Å². The van der Waals surface area contributed by atoms with E-state index < -0.39 is 0 Å². The van der Waals surface area contributed by atoms with E-state index in [1.165, 1.54) is 0 Å². The van der Waals surface area contributed by atoms with Gasteiger partial charge in [0, 0.05) is 0 Å². The van der Waals surface area contributed by atoms with E-state index in [0.29, 0.717) is 5.69 Å². The van der Waals surface area contributed by atoms with Gasteiger partial charge in [-0.3, -0.25) is 10.7 Å². The molecule has 3 nitrogen and oxygen atoms in total.